The molecule has 0 saturated carbocycles. The molecule has 6 nitrogen and oxygen atoms in total. The van der Waals surface area contributed by atoms with Gasteiger partial charge in [-0.05, 0) is 6.42 Å². The van der Waals surface area contributed by atoms with Crippen LogP contribution in [-0.2, 0) is 4.74 Å². The Morgan fingerprint density at radius 1 is 1.00 bits per heavy atom. The highest BCUT2D eigenvalue weighted by Crippen LogP contribution is 2.49. The molecule has 7 heteroatoms. The Bertz CT molecular complexity index is 689. The number of benzene rings is 1. The van der Waals surface area contributed by atoms with Gasteiger partial charge in [-0.1, -0.05) is 18.5 Å². The van der Waals surface area contributed by atoms with Crippen molar-refractivity contribution in [2.45, 2.75) is 13.3 Å². The Morgan fingerprint density at radius 2 is 1.57 bits per heavy atom. The van der Waals surface area contributed by atoms with Crippen LogP contribution >= 0.6 is 11.6 Å². The molecule has 0 spiro atoms. The van der Waals surface area contributed by atoms with Gasteiger partial charge in [0, 0.05) is 5.57 Å². The Kier molecular flexibility index (Phi) is 3.82. The first-order valence-electron chi connectivity index (χ1n) is 6.08. The van der Waals surface area contributed by atoms with Crippen LogP contribution in [0.15, 0.2) is 11.3 Å². The molecule has 0 bridgehead atoms. The molecule has 1 aliphatic rings. The number of carbonyl (C=O) groups excluding carboxylic acids is 2. The minimum atomic E-state index is -0.707. The summed E-state index contributed by atoms with van der Waals surface area (Å²) in [6.45, 7) is 1.68. The first kappa shape index (κ1) is 15.2. The van der Waals surface area contributed by atoms with Crippen molar-refractivity contribution in [3.63, 3.8) is 0 Å². The van der Waals surface area contributed by atoms with Crippen LogP contribution < -0.4 is 4.74 Å². The number of hydrogen-bond acceptors (Lipinski definition) is 6. The van der Waals surface area contributed by atoms with Crippen LogP contribution in [0, 0.1) is 0 Å². The standard InChI is InChI=1S/C14H13ClO6/c1-4-5-9(16)6-7(11(18)13(5)20-2)10(17)8(15)14(21-3)12(6)19/h17,19H,4H2,1-3H3. The van der Waals surface area contributed by atoms with Crippen molar-refractivity contribution in [2.24, 2.45) is 0 Å². The fraction of sp³-hybridized carbons (Fsp3) is 0.286. The maximum Gasteiger partial charge on any atom is 0.232 e. The summed E-state index contributed by atoms with van der Waals surface area (Å²) >= 11 is 5.85. The van der Waals surface area contributed by atoms with Gasteiger partial charge in [0.25, 0.3) is 0 Å². The van der Waals surface area contributed by atoms with E-state index >= 15 is 0 Å². The van der Waals surface area contributed by atoms with Gasteiger partial charge in [-0.3, -0.25) is 9.59 Å². The van der Waals surface area contributed by atoms with Crippen LogP contribution in [0.4, 0.5) is 0 Å². The molecule has 0 fully saturated rings. The lowest BCUT2D eigenvalue weighted by Crippen LogP contribution is -2.23. The predicted molar refractivity (Wildman–Crippen MR) is 74.3 cm³/mol. The molecular weight excluding hydrogens is 300 g/mol. The van der Waals surface area contributed by atoms with Crippen LogP contribution in [0.2, 0.25) is 5.02 Å². The van der Waals surface area contributed by atoms with Crippen LogP contribution in [0.5, 0.6) is 17.2 Å². The van der Waals surface area contributed by atoms with E-state index < -0.39 is 23.1 Å². The van der Waals surface area contributed by atoms with Crippen molar-refractivity contribution in [3.05, 3.63) is 27.5 Å². The molecule has 2 rings (SSSR count). The quantitative estimate of drug-likeness (QED) is 0.833. The second-order valence-electron chi connectivity index (χ2n) is 4.32. The molecule has 0 saturated heterocycles. The predicted octanol–water partition coefficient (Wildman–Crippen LogP) is 2.45. The third-order valence-electron chi connectivity index (χ3n) is 3.32. The number of allylic oxidation sites excluding steroid dienone is 2. The summed E-state index contributed by atoms with van der Waals surface area (Å²) in [5, 5.41) is 19.9. The van der Waals surface area contributed by atoms with E-state index in [-0.39, 0.29) is 39.7 Å². The van der Waals surface area contributed by atoms with E-state index in [4.69, 9.17) is 21.1 Å². The molecule has 0 unspecified atom stereocenters. The molecule has 0 aliphatic heterocycles. The van der Waals surface area contributed by atoms with Crippen molar-refractivity contribution in [3.8, 4) is 17.2 Å². The lowest BCUT2D eigenvalue weighted by molar-refractivity contribution is 0.0898. The zero-order valence-electron chi connectivity index (χ0n) is 11.6. The topological polar surface area (TPSA) is 93.1 Å². The fourth-order valence-corrected chi connectivity index (χ4v) is 2.60. The number of Topliss-reactive ketones (excluding diaryl/α,β-unsaturated/α-hetero) is 2. The Morgan fingerprint density at radius 3 is 2.05 bits per heavy atom. The van der Waals surface area contributed by atoms with E-state index in [1.807, 2.05) is 0 Å². The van der Waals surface area contributed by atoms with Crippen LogP contribution in [-0.4, -0.2) is 36.0 Å². The van der Waals surface area contributed by atoms with E-state index in [0.717, 1.165) is 0 Å². The second kappa shape index (κ2) is 5.29. The normalized spacial score (nSPS) is 14.3. The maximum atomic E-state index is 12.5. The smallest absolute Gasteiger partial charge is 0.232 e. The van der Waals surface area contributed by atoms with Gasteiger partial charge in [-0.25, -0.2) is 0 Å². The van der Waals surface area contributed by atoms with Gasteiger partial charge in [-0.2, -0.15) is 0 Å². The first-order chi connectivity index (χ1) is 9.90. The fourth-order valence-electron chi connectivity index (χ4n) is 2.34. The molecule has 0 radical (unpaired) electrons. The van der Waals surface area contributed by atoms with Gasteiger partial charge < -0.3 is 19.7 Å². The molecule has 2 N–H and O–H groups in total. The summed E-state index contributed by atoms with van der Waals surface area (Å²) in [4.78, 5) is 24.8. The number of fused-ring (bicyclic) bond motifs is 1. The number of hydrogen-bond donors (Lipinski definition) is 2. The third kappa shape index (κ3) is 1.94. The molecule has 112 valence electrons. The zero-order chi connectivity index (χ0) is 15.9. The highest BCUT2D eigenvalue weighted by molar-refractivity contribution is 6.37. The zero-order valence-corrected chi connectivity index (χ0v) is 12.4. The largest absolute Gasteiger partial charge is 0.505 e. The summed E-state index contributed by atoms with van der Waals surface area (Å²) in [6.07, 6.45) is 0.234. The molecular formula is C14H13ClO6. The SMILES string of the molecule is CCC1=C(OC)C(=O)c2c(O)c(Cl)c(OC)c(O)c2C1=O. The van der Waals surface area contributed by atoms with Crippen molar-refractivity contribution in [1.82, 2.24) is 0 Å². The van der Waals surface area contributed by atoms with E-state index in [1.165, 1.54) is 14.2 Å². The monoisotopic (exact) mass is 312 g/mol. The average Bonchev–Trinajstić information content (AvgIpc) is 2.46. The number of ether oxygens (including phenoxy) is 2. The van der Waals surface area contributed by atoms with Gasteiger partial charge in [0.05, 0.1) is 25.3 Å². The summed E-state index contributed by atoms with van der Waals surface area (Å²) in [6, 6.07) is 0. The van der Waals surface area contributed by atoms with Crippen LogP contribution in [0.1, 0.15) is 34.1 Å². The van der Waals surface area contributed by atoms with E-state index in [1.54, 1.807) is 6.92 Å². The molecule has 21 heavy (non-hydrogen) atoms. The summed E-state index contributed by atoms with van der Waals surface area (Å²) < 4.78 is 9.84. The van der Waals surface area contributed by atoms with E-state index in [0.29, 0.717) is 0 Å². The van der Waals surface area contributed by atoms with Gasteiger partial charge in [0.15, 0.2) is 23.0 Å². The molecule has 0 aromatic heterocycles. The van der Waals surface area contributed by atoms with E-state index in [2.05, 4.69) is 0 Å². The van der Waals surface area contributed by atoms with Gasteiger partial charge in [0.2, 0.25) is 5.78 Å². The molecule has 0 atom stereocenters. The molecule has 0 amide bonds. The first-order valence-corrected chi connectivity index (χ1v) is 6.46. The Hall–Kier alpha value is -2.21. The number of halogens is 1. The number of phenolic OH excluding ortho intramolecular Hbond substituents is 2. The number of rotatable bonds is 3. The number of ketones is 2. The minimum Gasteiger partial charge on any atom is -0.505 e. The molecule has 1 aromatic carbocycles. The number of phenols is 2. The average molecular weight is 313 g/mol. The van der Waals surface area contributed by atoms with Gasteiger partial charge in [-0.15, -0.1) is 0 Å². The maximum absolute atomic E-state index is 12.5. The summed E-state index contributed by atoms with van der Waals surface area (Å²) in [7, 11) is 2.47. The van der Waals surface area contributed by atoms with Crippen molar-refractivity contribution in [1.29, 1.82) is 0 Å². The third-order valence-corrected chi connectivity index (χ3v) is 3.67. The minimum absolute atomic E-state index is 0.120. The lowest BCUT2D eigenvalue weighted by atomic mass is 9.85. The van der Waals surface area contributed by atoms with Crippen molar-refractivity contribution >= 4 is 23.2 Å². The lowest BCUT2D eigenvalue weighted by Gasteiger charge is -2.22. The molecule has 1 aromatic rings. The van der Waals surface area contributed by atoms with Gasteiger partial charge >= 0.3 is 0 Å². The second-order valence-corrected chi connectivity index (χ2v) is 4.70. The number of aromatic hydroxyl groups is 2. The molecule has 0 heterocycles. The van der Waals surface area contributed by atoms with Crippen LogP contribution in [0.3, 0.4) is 0 Å². The summed E-state index contributed by atoms with van der Waals surface area (Å²) in [5.74, 6) is -2.93. The highest BCUT2D eigenvalue weighted by atomic mass is 35.5. The highest BCUT2D eigenvalue weighted by Gasteiger charge is 2.39. The summed E-state index contributed by atoms with van der Waals surface area (Å²) in [5.41, 5.74) is -0.581. The van der Waals surface area contributed by atoms with Gasteiger partial charge in [0.1, 0.15) is 10.8 Å². The number of carbonyl (C=O) groups is 2. The Balaban J connectivity index is 2.90. The Labute approximate surface area is 125 Å². The molecule has 1 aliphatic carbocycles. The van der Waals surface area contributed by atoms with E-state index in [9.17, 15) is 19.8 Å². The van der Waals surface area contributed by atoms with Crippen LogP contribution in [0.25, 0.3) is 0 Å². The van der Waals surface area contributed by atoms with Crippen molar-refractivity contribution < 1.29 is 29.3 Å². The number of methoxy groups -OCH3 is 2. The van der Waals surface area contributed by atoms with Crippen molar-refractivity contribution in [2.75, 3.05) is 14.2 Å².